The minimum atomic E-state index is -0.198. The van der Waals surface area contributed by atoms with Crippen LogP contribution in [0.3, 0.4) is 0 Å². The van der Waals surface area contributed by atoms with Crippen LogP contribution in [-0.2, 0) is 0 Å². The SMILES string of the molecule is Fc1ccc(SCCNc2cccc(Cl)c2)cc1. The van der Waals surface area contributed by atoms with Crippen LogP contribution in [0.2, 0.25) is 5.02 Å². The van der Waals surface area contributed by atoms with Crippen LogP contribution in [0.25, 0.3) is 0 Å². The van der Waals surface area contributed by atoms with Gasteiger partial charge in [-0.25, -0.2) is 4.39 Å². The highest BCUT2D eigenvalue weighted by molar-refractivity contribution is 7.99. The summed E-state index contributed by atoms with van der Waals surface area (Å²) in [5.74, 6) is 0.717. The molecule has 0 aliphatic carbocycles. The van der Waals surface area contributed by atoms with Crippen molar-refractivity contribution < 1.29 is 4.39 Å². The molecule has 0 unspecified atom stereocenters. The number of hydrogen-bond acceptors (Lipinski definition) is 2. The first kappa shape index (κ1) is 13.2. The van der Waals surface area contributed by atoms with E-state index in [0.717, 1.165) is 27.9 Å². The fourth-order valence-corrected chi connectivity index (χ4v) is 2.45. The molecule has 0 radical (unpaired) electrons. The van der Waals surface area contributed by atoms with Crippen molar-refractivity contribution in [2.24, 2.45) is 0 Å². The largest absolute Gasteiger partial charge is 0.384 e. The summed E-state index contributed by atoms with van der Waals surface area (Å²) in [5, 5.41) is 4.02. The van der Waals surface area contributed by atoms with Gasteiger partial charge in [0, 0.05) is 27.9 Å². The van der Waals surface area contributed by atoms with Crippen molar-refractivity contribution in [3.63, 3.8) is 0 Å². The average molecular weight is 282 g/mol. The van der Waals surface area contributed by atoms with Gasteiger partial charge in [0.25, 0.3) is 0 Å². The molecule has 0 atom stereocenters. The topological polar surface area (TPSA) is 12.0 Å². The van der Waals surface area contributed by atoms with Crippen molar-refractivity contribution in [2.45, 2.75) is 4.90 Å². The Bertz CT molecular complexity index is 501. The maximum absolute atomic E-state index is 12.7. The molecule has 94 valence electrons. The monoisotopic (exact) mass is 281 g/mol. The van der Waals surface area contributed by atoms with Crippen LogP contribution in [0.15, 0.2) is 53.4 Å². The summed E-state index contributed by atoms with van der Waals surface area (Å²) in [7, 11) is 0. The van der Waals surface area contributed by atoms with E-state index in [2.05, 4.69) is 5.32 Å². The lowest BCUT2D eigenvalue weighted by Gasteiger charge is -2.06. The van der Waals surface area contributed by atoms with Crippen LogP contribution in [-0.4, -0.2) is 12.3 Å². The summed E-state index contributed by atoms with van der Waals surface area (Å²) in [6.45, 7) is 0.836. The number of rotatable bonds is 5. The highest BCUT2D eigenvalue weighted by atomic mass is 35.5. The molecule has 1 N–H and O–H groups in total. The molecule has 0 aliphatic heterocycles. The predicted molar refractivity (Wildman–Crippen MR) is 77.1 cm³/mol. The number of anilines is 1. The van der Waals surface area contributed by atoms with Gasteiger partial charge >= 0.3 is 0 Å². The first-order valence-electron chi connectivity index (χ1n) is 5.62. The Hall–Kier alpha value is -1.19. The summed E-state index contributed by atoms with van der Waals surface area (Å²) >= 11 is 7.58. The van der Waals surface area contributed by atoms with Crippen LogP contribution in [0.5, 0.6) is 0 Å². The minimum absolute atomic E-state index is 0.198. The van der Waals surface area contributed by atoms with Crippen molar-refractivity contribution in [2.75, 3.05) is 17.6 Å². The van der Waals surface area contributed by atoms with Gasteiger partial charge in [-0.2, -0.15) is 0 Å². The van der Waals surface area contributed by atoms with Crippen LogP contribution < -0.4 is 5.32 Å². The number of hydrogen-bond donors (Lipinski definition) is 1. The molecule has 0 saturated carbocycles. The molecular weight excluding hydrogens is 269 g/mol. The molecular formula is C14H13ClFNS. The van der Waals surface area contributed by atoms with Crippen LogP contribution >= 0.6 is 23.4 Å². The average Bonchev–Trinajstić information content (AvgIpc) is 2.37. The summed E-state index contributed by atoms with van der Waals surface area (Å²) < 4.78 is 12.7. The van der Waals surface area contributed by atoms with Gasteiger partial charge < -0.3 is 5.32 Å². The molecule has 0 bridgehead atoms. The molecule has 2 aromatic rings. The van der Waals surface area contributed by atoms with Crippen molar-refractivity contribution in [1.82, 2.24) is 0 Å². The number of halogens is 2. The lowest BCUT2D eigenvalue weighted by Crippen LogP contribution is -2.03. The Morgan fingerprint density at radius 1 is 1.11 bits per heavy atom. The lowest BCUT2D eigenvalue weighted by molar-refractivity contribution is 0.626. The first-order valence-corrected chi connectivity index (χ1v) is 6.98. The predicted octanol–water partition coefficient (Wildman–Crippen LogP) is 4.68. The Kier molecular flexibility index (Phi) is 4.90. The third-order valence-corrected chi connectivity index (χ3v) is 3.59. The van der Waals surface area contributed by atoms with E-state index in [4.69, 9.17) is 11.6 Å². The Labute approximate surface area is 115 Å². The van der Waals surface area contributed by atoms with E-state index in [1.54, 1.807) is 23.9 Å². The zero-order chi connectivity index (χ0) is 12.8. The summed E-state index contributed by atoms with van der Waals surface area (Å²) in [5.41, 5.74) is 1.02. The highest BCUT2D eigenvalue weighted by Crippen LogP contribution is 2.19. The van der Waals surface area contributed by atoms with E-state index < -0.39 is 0 Å². The van der Waals surface area contributed by atoms with Crippen LogP contribution in [0.4, 0.5) is 10.1 Å². The molecule has 2 rings (SSSR count). The summed E-state index contributed by atoms with van der Waals surface area (Å²) in [6.07, 6.45) is 0. The highest BCUT2D eigenvalue weighted by Gasteiger charge is 1.96. The second-order valence-electron chi connectivity index (χ2n) is 3.74. The standard InChI is InChI=1S/C14H13ClFNS/c15-11-2-1-3-13(10-11)17-8-9-18-14-6-4-12(16)5-7-14/h1-7,10,17H,8-9H2. The third kappa shape index (κ3) is 4.24. The van der Waals surface area contributed by atoms with Gasteiger partial charge in [-0.15, -0.1) is 11.8 Å². The number of nitrogens with one attached hydrogen (secondary N) is 1. The van der Waals surface area contributed by atoms with Crippen molar-refractivity contribution in [3.05, 3.63) is 59.4 Å². The van der Waals surface area contributed by atoms with Crippen molar-refractivity contribution >= 4 is 29.1 Å². The molecule has 2 aromatic carbocycles. The zero-order valence-electron chi connectivity index (χ0n) is 9.70. The minimum Gasteiger partial charge on any atom is -0.384 e. The first-order chi connectivity index (χ1) is 8.74. The lowest BCUT2D eigenvalue weighted by atomic mass is 10.3. The Balaban J connectivity index is 1.74. The fourth-order valence-electron chi connectivity index (χ4n) is 1.49. The second kappa shape index (κ2) is 6.66. The normalized spacial score (nSPS) is 10.3. The number of thioether (sulfide) groups is 1. The Morgan fingerprint density at radius 2 is 1.89 bits per heavy atom. The molecule has 0 spiro atoms. The van der Waals surface area contributed by atoms with E-state index in [-0.39, 0.29) is 5.82 Å². The smallest absolute Gasteiger partial charge is 0.123 e. The molecule has 4 heteroatoms. The van der Waals surface area contributed by atoms with E-state index in [9.17, 15) is 4.39 Å². The van der Waals surface area contributed by atoms with E-state index in [1.807, 2.05) is 24.3 Å². The van der Waals surface area contributed by atoms with E-state index >= 15 is 0 Å². The molecule has 0 heterocycles. The second-order valence-corrected chi connectivity index (χ2v) is 5.34. The third-order valence-electron chi connectivity index (χ3n) is 2.34. The van der Waals surface area contributed by atoms with Crippen LogP contribution in [0.1, 0.15) is 0 Å². The van der Waals surface area contributed by atoms with Crippen LogP contribution in [0, 0.1) is 5.82 Å². The number of benzene rings is 2. The summed E-state index contributed by atoms with van der Waals surface area (Å²) in [6, 6.07) is 14.2. The van der Waals surface area contributed by atoms with Gasteiger partial charge in [0.15, 0.2) is 0 Å². The van der Waals surface area contributed by atoms with E-state index in [1.165, 1.54) is 12.1 Å². The van der Waals surface area contributed by atoms with E-state index in [0.29, 0.717) is 0 Å². The maximum atomic E-state index is 12.7. The molecule has 0 fully saturated rings. The van der Waals surface area contributed by atoms with Gasteiger partial charge in [-0.1, -0.05) is 17.7 Å². The van der Waals surface area contributed by atoms with Gasteiger partial charge in [0.2, 0.25) is 0 Å². The molecule has 18 heavy (non-hydrogen) atoms. The quantitative estimate of drug-likeness (QED) is 0.631. The van der Waals surface area contributed by atoms with Crippen molar-refractivity contribution in [3.8, 4) is 0 Å². The van der Waals surface area contributed by atoms with Gasteiger partial charge in [-0.05, 0) is 42.5 Å². The molecule has 1 nitrogen and oxygen atoms in total. The Morgan fingerprint density at radius 3 is 2.61 bits per heavy atom. The summed E-state index contributed by atoms with van der Waals surface area (Å²) in [4.78, 5) is 1.07. The molecule has 0 aliphatic rings. The fraction of sp³-hybridized carbons (Fsp3) is 0.143. The van der Waals surface area contributed by atoms with Crippen molar-refractivity contribution in [1.29, 1.82) is 0 Å². The molecule has 0 aromatic heterocycles. The van der Waals surface area contributed by atoms with Gasteiger partial charge in [-0.3, -0.25) is 0 Å². The zero-order valence-corrected chi connectivity index (χ0v) is 11.3. The van der Waals surface area contributed by atoms with Gasteiger partial charge in [0.05, 0.1) is 0 Å². The molecule has 0 amide bonds. The van der Waals surface area contributed by atoms with Gasteiger partial charge in [0.1, 0.15) is 5.82 Å². The maximum Gasteiger partial charge on any atom is 0.123 e. The molecule has 0 saturated heterocycles.